The van der Waals surface area contributed by atoms with Crippen molar-refractivity contribution in [2.45, 2.75) is 128 Å². The maximum Gasteiger partial charge on any atom is 0.407 e. The van der Waals surface area contributed by atoms with Crippen LogP contribution in [-0.4, -0.2) is 38.0 Å². The molecule has 1 unspecified atom stereocenters. The van der Waals surface area contributed by atoms with Crippen molar-refractivity contribution in [3.63, 3.8) is 0 Å². The van der Waals surface area contributed by atoms with E-state index in [1.54, 1.807) is 0 Å². The molecule has 3 N–H and O–H groups in total. The first kappa shape index (κ1) is 27.2. The molecule has 1 aliphatic heterocycles. The van der Waals surface area contributed by atoms with E-state index in [2.05, 4.69) is 12.2 Å². The van der Waals surface area contributed by atoms with E-state index in [9.17, 15) is 4.79 Å². The number of amides is 1. The van der Waals surface area contributed by atoms with Crippen molar-refractivity contribution < 1.29 is 14.3 Å². The lowest BCUT2D eigenvalue weighted by Crippen LogP contribution is -2.43. The Morgan fingerprint density at radius 2 is 1.37 bits per heavy atom. The highest BCUT2D eigenvalue weighted by Gasteiger charge is 2.35. The van der Waals surface area contributed by atoms with Crippen LogP contribution < -0.4 is 11.1 Å². The number of hydrogen-bond acceptors (Lipinski definition) is 4. The molecular weight excluding hydrogens is 376 g/mol. The Kier molecular flexibility index (Phi) is 17.2. The van der Waals surface area contributed by atoms with Crippen LogP contribution in [0.15, 0.2) is 0 Å². The highest BCUT2D eigenvalue weighted by molar-refractivity contribution is 5.67. The molecule has 0 saturated carbocycles. The Bertz CT molecular complexity index is 398. The number of nitrogens with two attached hydrogens (primary N) is 1. The molecule has 1 amide bonds. The summed E-state index contributed by atoms with van der Waals surface area (Å²) >= 11 is 0. The Hall–Kier alpha value is -0.810. The molecule has 0 radical (unpaired) electrons. The maximum atomic E-state index is 11.8. The zero-order valence-corrected chi connectivity index (χ0v) is 19.9. The number of carbonyl (C=O) groups excluding carboxylic acids is 1. The van der Waals surface area contributed by atoms with Crippen molar-refractivity contribution in [1.29, 1.82) is 0 Å². The van der Waals surface area contributed by atoms with Crippen LogP contribution in [0, 0.1) is 0 Å². The van der Waals surface area contributed by atoms with Crippen molar-refractivity contribution >= 4 is 6.09 Å². The highest BCUT2D eigenvalue weighted by Crippen LogP contribution is 2.24. The summed E-state index contributed by atoms with van der Waals surface area (Å²) in [6.45, 7) is 4.34. The molecule has 0 aromatic carbocycles. The van der Waals surface area contributed by atoms with Gasteiger partial charge in [0.05, 0.1) is 0 Å². The number of rotatable bonds is 20. The van der Waals surface area contributed by atoms with E-state index in [0.29, 0.717) is 19.7 Å². The summed E-state index contributed by atoms with van der Waals surface area (Å²) in [5.74, 6) is 0. The quantitative estimate of drug-likeness (QED) is 0.218. The largest absolute Gasteiger partial charge is 0.446 e. The monoisotopic (exact) mass is 426 g/mol. The third kappa shape index (κ3) is 14.2. The first-order valence-electron chi connectivity index (χ1n) is 13.0. The maximum absolute atomic E-state index is 11.8. The fraction of sp³-hybridized carbons (Fsp3) is 0.960. The number of nitrogens with one attached hydrogen (secondary N) is 1. The van der Waals surface area contributed by atoms with Crippen molar-refractivity contribution in [3.8, 4) is 0 Å². The van der Waals surface area contributed by atoms with Gasteiger partial charge in [-0.2, -0.15) is 0 Å². The molecule has 0 aromatic rings. The van der Waals surface area contributed by atoms with Crippen LogP contribution in [0.1, 0.15) is 122 Å². The van der Waals surface area contributed by atoms with Gasteiger partial charge in [0.2, 0.25) is 0 Å². The second-order valence-electron chi connectivity index (χ2n) is 9.15. The predicted molar refractivity (Wildman–Crippen MR) is 126 cm³/mol. The van der Waals surface area contributed by atoms with E-state index in [4.69, 9.17) is 15.2 Å². The third-order valence-electron chi connectivity index (χ3n) is 6.32. The molecule has 0 spiro atoms. The molecule has 178 valence electrons. The van der Waals surface area contributed by atoms with Gasteiger partial charge in [0, 0.05) is 19.7 Å². The molecule has 5 nitrogen and oxygen atoms in total. The molecule has 0 aromatic heterocycles. The SMILES string of the molecule is CCCCCCCCCCCCCCCCCCNC(=O)OCC1(CN)CCCO1. The summed E-state index contributed by atoms with van der Waals surface area (Å²) in [6.07, 6.45) is 23.2. The van der Waals surface area contributed by atoms with Gasteiger partial charge in [-0.25, -0.2) is 4.79 Å². The minimum absolute atomic E-state index is 0.258. The molecule has 1 atom stereocenters. The van der Waals surface area contributed by atoms with Gasteiger partial charge in [0.25, 0.3) is 0 Å². The second-order valence-corrected chi connectivity index (χ2v) is 9.15. The Morgan fingerprint density at radius 3 is 1.80 bits per heavy atom. The first-order chi connectivity index (χ1) is 14.7. The van der Waals surface area contributed by atoms with E-state index in [-0.39, 0.29) is 12.7 Å². The number of hydrogen-bond donors (Lipinski definition) is 2. The number of ether oxygens (including phenoxy) is 2. The van der Waals surface area contributed by atoms with Crippen LogP contribution in [0.3, 0.4) is 0 Å². The molecule has 1 rings (SSSR count). The zero-order chi connectivity index (χ0) is 21.8. The van der Waals surface area contributed by atoms with Crippen molar-refractivity contribution in [1.82, 2.24) is 5.32 Å². The van der Waals surface area contributed by atoms with E-state index in [0.717, 1.165) is 19.3 Å². The van der Waals surface area contributed by atoms with Gasteiger partial charge < -0.3 is 20.5 Å². The minimum atomic E-state index is -0.453. The molecular formula is C25H50N2O3. The molecule has 1 aliphatic rings. The molecule has 1 heterocycles. The van der Waals surface area contributed by atoms with Crippen molar-refractivity contribution in [2.75, 3.05) is 26.3 Å². The Labute approximate surface area is 186 Å². The molecule has 0 bridgehead atoms. The van der Waals surface area contributed by atoms with Gasteiger partial charge in [0.1, 0.15) is 12.2 Å². The topological polar surface area (TPSA) is 73.6 Å². The van der Waals surface area contributed by atoms with Crippen LogP contribution in [0.5, 0.6) is 0 Å². The molecule has 0 aliphatic carbocycles. The van der Waals surface area contributed by atoms with E-state index in [1.165, 1.54) is 96.3 Å². The fourth-order valence-corrected chi connectivity index (χ4v) is 4.20. The summed E-state index contributed by atoms with van der Waals surface area (Å²) < 4.78 is 10.9. The van der Waals surface area contributed by atoms with Gasteiger partial charge in [-0.3, -0.25) is 0 Å². The molecule has 5 heteroatoms. The summed E-state index contributed by atoms with van der Waals surface area (Å²) in [7, 11) is 0. The Balaban J connectivity index is 1.76. The number of alkyl carbamates (subject to hydrolysis) is 1. The summed E-state index contributed by atoms with van der Waals surface area (Å²) in [5.41, 5.74) is 5.31. The predicted octanol–water partition coefficient (Wildman–Crippen LogP) is 6.48. The molecule has 1 saturated heterocycles. The minimum Gasteiger partial charge on any atom is -0.446 e. The highest BCUT2D eigenvalue weighted by atomic mass is 16.6. The smallest absolute Gasteiger partial charge is 0.407 e. The second kappa shape index (κ2) is 18.9. The van der Waals surface area contributed by atoms with E-state index >= 15 is 0 Å². The van der Waals surface area contributed by atoms with Gasteiger partial charge >= 0.3 is 6.09 Å². The zero-order valence-electron chi connectivity index (χ0n) is 19.9. The first-order valence-corrected chi connectivity index (χ1v) is 13.0. The average molecular weight is 427 g/mol. The summed E-state index contributed by atoms with van der Waals surface area (Å²) in [5, 5.41) is 2.84. The fourth-order valence-electron chi connectivity index (χ4n) is 4.20. The van der Waals surface area contributed by atoms with Crippen molar-refractivity contribution in [3.05, 3.63) is 0 Å². The standard InChI is InChI=1S/C25H50N2O3/c1-2-3-4-5-6-7-8-9-10-11-12-13-14-15-16-17-20-27-24(28)29-23-25(22-26)19-18-21-30-25/h2-23,26H2,1H3,(H,27,28). The van der Waals surface area contributed by atoms with E-state index in [1.807, 2.05) is 0 Å². The normalized spacial score (nSPS) is 18.6. The number of unbranched alkanes of at least 4 members (excludes halogenated alkanes) is 15. The van der Waals surface area contributed by atoms with E-state index < -0.39 is 5.60 Å². The Morgan fingerprint density at radius 1 is 0.867 bits per heavy atom. The molecule has 30 heavy (non-hydrogen) atoms. The lowest BCUT2D eigenvalue weighted by molar-refractivity contribution is -0.0362. The van der Waals surface area contributed by atoms with Crippen LogP contribution in [-0.2, 0) is 9.47 Å². The van der Waals surface area contributed by atoms with Gasteiger partial charge in [-0.1, -0.05) is 103 Å². The van der Waals surface area contributed by atoms with Crippen LogP contribution >= 0.6 is 0 Å². The third-order valence-corrected chi connectivity index (χ3v) is 6.32. The summed E-state index contributed by atoms with van der Waals surface area (Å²) in [4.78, 5) is 11.8. The van der Waals surface area contributed by atoms with Crippen LogP contribution in [0.2, 0.25) is 0 Å². The van der Waals surface area contributed by atoms with Gasteiger partial charge in [-0.15, -0.1) is 0 Å². The van der Waals surface area contributed by atoms with Crippen LogP contribution in [0.4, 0.5) is 4.79 Å². The van der Waals surface area contributed by atoms with Gasteiger partial charge in [0.15, 0.2) is 0 Å². The number of carbonyl (C=O) groups is 1. The lowest BCUT2D eigenvalue weighted by Gasteiger charge is -2.25. The summed E-state index contributed by atoms with van der Waals surface area (Å²) in [6, 6.07) is 0. The lowest BCUT2D eigenvalue weighted by atomic mass is 10.0. The van der Waals surface area contributed by atoms with Crippen LogP contribution in [0.25, 0.3) is 0 Å². The molecule has 1 fully saturated rings. The van der Waals surface area contributed by atoms with Crippen molar-refractivity contribution in [2.24, 2.45) is 5.73 Å². The average Bonchev–Trinajstić information content (AvgIpc) is 3.24. The van der Waals surface area contributed by atoms with Gasteiger partial charge in [-0.05, 0) is 19.3 Å².